The third-order valence-corrected chi connectivity index (χ3v) is 5.13. The Morgan fingerprint density at radius 3 is 2.71 bits per heavy atom. The number of benzene rings is 1. The molecule has 0 saturated carbocycles. The van der Waals surface area contributed by atoms with Crippen LogP contribution in [0.1, 0.15) is 28.8 Å². The van der Waals surface area contributed by atoms with Gasteiger partial charge in [-0.25, -0.2) is 4.98 Å². The number of hydrogen-bond acceptors (Lipinski definition) is 4. The molecule has 2 aromatic heterocycles. The molecular formula is C19H24N4S. The number of rotatable bonds is 6. The van der Waals surface area contributed by atoms with E-state index < -0.39 is 0 Å². The van der Waals surface area contributed by atoms with Crippen LogP contribution in [-0.2, 0) is 13.1 Å². The summed E-state index contributed by atoms with van der Waals surface area (Å²) in [6.45, 7) is 10.2. The second-order valence-electron chi connectivity index (χ2n) is 6.34. The molecule has 0 aliphatic heterocycles. The molecule has 0 aliphatic rings. The van der Waals surface area contributed by atoms with E-state index in [1.54, 1.807) is 11.3 Å². The first-order chi connectivity index (χ1) is 11.5. The first-order valence-corrected chi connectivity index (χ1v) is 9.09. The van der Waals surface area contributed by atoms with E-state index in [-0.39, 0.29) is 0 Å². The molecule has 5 heteroatoms. The second kappa shape index (κ2) is 7.28. The van der Waals surface area contributed by atoms with Gasteiger partial charge in [-0.15, -0.1) is 11.3 Å². The zero-order valence-electron chi connectivity index (χ0n) is 14.7. The van der Waals surface area contributed by atoms with Crippen molar-refractivity contribution < 1.29 is 0 Å². The highest BCUT2D eigenvalue weighted by Crippen LogP contribution is 2.27. The molecule has 0 bridgehead atoms. The molecule has 0 spiro atoms. The number of aromatic nitrogens is 3. The number of nitrogens with one attached hydrogen (secondary N) is 1. The molecule has 2 heterocycles. The van der Waals surface area contributed by atoms with Crippen LogP contribution < -0.4 is 5.32 Å². The van der Waals surface area contributed by atoms with Crippen molar-refractivity contribution in [1.82, 2.24) is 20.1 Å². The molecule has 126 valence electrons. The summed E-state index contributed by atoms with van der Waals surface area (Å²) >= 11 is 1.76. The largest absolute Gasteiger partial charge is 0.307 e. The molecule has 0 saturated heterocycles. The summed E-state index contributed by atoms with van der Waals surface area (Å²) in [5, 5.41) is 9.19. The summed E-state index contributed by atoms with van der Waals surface area (Å²) < 4.78 is 2.07. The average molecular weight is 340 g/mol. The fraction of sp³-hybridized carbons (Fsp3) is 0.368. The highest BCUT2D eigenvalue weighted by molar-refractivity contribution is 7.15. The van der Waals surface area contributed by atoms with Crippen molar-refractivity contribution in [3.05, 3.63) is 58.4 Å². The summed E-state index contributed by atoms with van der Waals surface area (Å²) in [6.07, 6.45) is 1.98. The van der Waals surface area contributed by atoms with Crippen molar-refractivity contribution in [3.8, 4) is 10.6 Å². The molecule has 4 nitrogen and oxygen atoms in total. The molecule has 3 rings (SSSR count). The monoisotopic (exact) mass is 340 g/mol. The molecule has 1 unspecified atom stereocenters. The van der Waals surface area contributed by atoms with Crippen LogP contribution in [0.25, 0.3) is 10.6 Å². The quantitative estimate of drug-likeness (QED) is 0.734. The van der Waals surface area contributed by atoms with E-state index in [4.69, 9.17) is 0 Å². The molecule has 0 aliphatic carbocycles. The van der Waals surface area contributed by atoms with Crippen LogP contribution in [0.3, 0.4) is 0 Å². The van der Waals surface area contributed by atoms with E-state index in [0.29, 0.717) is 6.04 Å². The third-order valence-electron chi connectivity index (χ3n) is 4.10. The molecule has 1 aromatic carbocycles. The predicted octanol–water partition coefficient (Wildman–Crippen LogP) is 4.11. The zero-order valence-corrected chi connectivity index (χ0v) is 15.5. The van der Waals surface area contributed by atoms with Gasteiger partial charge in [0.1, 0.15) is 5.01 Å². The van der Waals surface area contributed by atoms with Crippen LogP contribution in [0, 0.1) is 20.8 Å². The lowest BCUT2D eigenvalue weighted by Gasteiger charge is -2.14. The van der Waals surface area contributed by atoms with Crippen molar-refractivity contribution >= 4 is 11.3 Å². The number of hydrogen-bond donors (Lipinski definition) is 1. The highest BCUT2D eigenvalue weighted by Gasteiger charge is 2.10. The molecule has 1 atom stereocenters. The van der Waals surface area contributed by atoms with Crippen LogP contribution in [-0.4, -0.2) is 20.8 Å². The van der Waals surface area contributed by atoms with E-state index in [9.17, 15) is 0 Å². The third kappa shape index (κ3) is 3.91. The van der Waals surface area contributed by atoms with Gasteiger partial charge in [-0.3, -0.25) is 4.68 Å². The number of aryl methyl sites for hydroxylation is 3. The van der Waals surface area contributed by atoms with Gasteiger partial charge in [0.2, 0.25) is 0 Å². The predicted molar refractivity (Wildman–Crippen MR) is 100 cm³/mol. The van der Waals surface area contributed by atoms with Gasteiger partial charge < -0.3 is 5.32 Å². The Labute approximate surface area is 147 Å². The Hall–Kier alpha value is -1.98. The lowest BCUT2D eigenvalue weighted by atomic mass is 10.1. The minimum absolute atomic E-state index is 0.354. The van der Waals surface area contributed by atoms with Gasteiger partial charge in [0.15, 0.2) is 0 Å². The van der Waals surface area contributed by atoms with E-state index in [2.05, 4.69) is 71.2 Å². The van der Waals surface area contributed by atoms with Crippen molar-refractivity contribution in [2.24, 2.45) is 0 Å². The molecule has 0 fully saturated rings. The van der Waals surface area contributed by atoms with Crippen molar-refractivity contribution in [1.29, 1.82) is 0 Å². The maximum atomic E-state index is 4.59. The summed E-state index contributed by atoms with van der Waals surface area (Å²) in [5.74, 6) is 0. The van der Waals surface area contributed by atoms with Gasteiger partial charge >= 0.3 is 0 Å². The van der Waals surface area contributed by atoms with Crippen molar-refractivity contribution in [2.45, 2.75) is 46.8 Å². The maximum absolute atomic E-state index is 4.59. The minimum atomic E-state index is 0.354. The molecule has 0 radical (unpaired) electrons. The summed E-state index contributed by atoms with van der Waals surface area (Å²) in [6, 6.07) is 10.9. The first-order valence-electron chi connectivity index (χ1n) is 8.28. The van der Waals surface area contributed by atoms with Gasteiger partial charge in [-0.2, -0.15) is 5.10 Å². The van der Waals surface area contributed by atoms with E-state index in [0.717, 1.165) is 23.8 Å². The molecular weight excluding hydrogens is 316 g/mol. The summed E-state index contributed by atoms with van der Waals surface area (Å²) in [7, 11) is 0. The Morgan fingerprint density at radius 2 is 2.00 bits per heavy atom. The van der Waals surface area contributed by atoms with Gasteiger partial charge in [-0.1, -0.05) is 24.3 Å². The first kappa shape index (κ1) is 16.9. The van der Waals surface area contributed by atoms with Gasteiger partial charge in [0.25, 0.3) is 0 Å². The molecule has 0 amide bonds. The fourth-order valence-electron chi connectivity index (χ4n) is 2.79. The Balaban J connectivity index is 1.59. The molecule has 1 N–H and O–H groups in total. The fourth-order valence-corrected chi connectivity index (χ4v) is 3.74. The average Bonchev–Trinajstić information content (AvgIpc) is 3.13. The van der Waals surface area contributed by atoms with Crippen LogP contribution in [0.4, 0.5) is 0 Å². The topological polar surface area (TPSA) is 42.7 Å². The van der Waals surface area contributed by atoms with E-state index in [1.807, 2.05) is 13.1 Å². The van der Waals surface area contributed by atoms with Gasteiger partial charge in [0, 0.05) is 34.9 Å². The van der Waals surface area contributed by atoms with Gasteiger partial charge in [0.05, 0.1) is 12.2 Å². The zero-order chi connectivity index (χ0) is 17.1. The summed E-state index contributed by atoms with van der Waals surface area (Å²) in [4.78, 5) is 5.85. The maximum Gasteiger partial charge on any atom is 0.123 e. The van der Waals surface area contributed by atoms with Crippen LogP contribution >= 0.6 is 11.3 Å². The van der Waals surface area contributed by atoms with Crippen molar-refractivity contribution in [2.75, 3.05) is 0 Å². The second-order valence-corrected chi connectivity index (χ2v) is 7.45. The van der Waals surface area contributed by atoms with Crippen LogP contribution in [0.15, 0.2) is 36.5 Å². The summed E-state index contributed by atoms with van der Waals surface area (Å²) in [5.41, 5.74) is 4.78. The van der Waals surface area contributed by atoms with Crippen LogP contribution in [0.2, 0.25) is 0 Å². The number of nitrogens with zero attached hydrogens (tertiary/aromatic N) is 3. The highest BCUT2D eigenvalue weighted by atomic mass is 32.1. The Kier molecular flexibility index (Phi) is 5.11. The van der Waals surface area contributed by atoms with Crippen molar-refractivity contribution in [3.63, 3.8) is 0 Å². The molecule has 24 heavy (non-hydrogen) atoms. The van der Waals surface area contributed by atoms with E-state index >= 15 is 0 Å². The standard InChI is InChI=1S/C19H24N4S/c1-13-7-5-6-8-18(13)19-21-11-17(24-19)10-20-15(3)12-23-16(4)9-14(2)22-23/h5-9,11,15,20H,10,12H2,1-4H3. The normalized spacial score (nSPS) is 12.5. The Morgan fingerprint density at radius 1 is 1.21 bits per heavy atom. The SMILES string of the molecule is Cc1cc(C)n(CC(C)NCc2cnc(-c3ccccc3C)s2)n1. The minimum Gasteiger partial charge on any atom is -0.307 e. The molecule has 3 aromatic rings. The Bertz CT molecular complexity index is 818. The number of thiazole rings is 1. The lowest BCUT2D eigenvalue weighted by molar-refractivity contribution is 0.445. The smallest absolute Gasteiger partial charge is 0.123 e. The van der Waals surface area contributed by atoms with E-state index in [1.165, 1.54) is 21.7 Å². The lowest BCUT2D eigenvalue weighted by Crippen LogP contribution is -2.30. The van der Waals surface area contributed by atoms with Crippen LogP contribution in [0.5, 0.6) is 0 Å². The van der Waals surface area contributed by atoms with Gasteiger partial charge in [-0.05, 0) is 39.3 Å².